The number of benzene rings is 1. The number of aliphatic hydroxyl groups excluding tert-OH is 1. The van der Waals surface area contributed by atoms with E-state index < -0.39 is 6.10 Å². The van der Waals surface area contributed by atoms with Crippen molar-refractivity contribution in [2.24, 2.45) is 0 Å². The van der Waals surface area contributed by atoms with Crippen LogP contribution in [0.3, 0.4) is 0 Å². The highest BCUT2D eigenvalue weighted by Crippen LogP contribution is 2.15. The summed E-state index contributed by atoms with van der Waals surface area (Å²) in [6.07, 6.45) is -0.428. The molecule has 2 aromatic rings. The molecule has 16 heavy (non-hydrogen) atoms. The summed E-state index contributed by atoms with van der Waals surface area (Å²) >= 11 is 0. The number of nitrogens with zero attached hydrogens (tertiary/aromatic N) is 2. The molecule has 0 spiro atoms. The lowest BCUT2D eigenvalue weighted by molar-refractivity contribution is 0.208. The number of rotatable bonds is 3. The average Bonchev–Trinajstić information content (AvgIpc) is 2.67. The monoisotopic (exact) mass is 216 g/mol. The van der Waals surface area contributed by atoms with Crippen LogP contribution < -0.4 is 5.32 Å². The van der Waals surface area contributed by atoms with Gasteiger partial charge in [-0.1, -0.05) is 0 Å². The first-order valence-corrected chi connectivity index (χ1v) is 5.01. The lowest BCUT2D eigenvalue weighted by atomic mass is 10.2. The van der Waals surface area contributed by atoms with Gasteiger partial charge in [-0.05, 0) is 25.1 Å². The van der Waals surface area contributed by atoms with E-state index in [-0.39, 0.29) is 0 Å². The molecule has 3 N–H and O–H groups in total. The Morgan fingerprint density at radius 1 is 1.62 bits per heavy atom. The van der Waals surface area contributed by atoms with E-state index in [1.165, 1.54) is 0 Å². The summed E-state index contributed by atoms with van der Waals surface area (Å²) in [4.78, 5) is 7.31. The molecule has 0 amide bonds. The van der Waals surface area contributed by atoms with Gasteiger partial charge in [-0.3, -0.25) is 0 Å². The Morgan fingerprint density at radius 3 is 3.12 bits per heavy atom. The predicted octanol–water partition coefficient (Wildman–Crippen LogP) is 1.23. The third-order valence-electron chi connectivity index (χ3n) is 2.18. The third kappa shape index (κ3) is 2.12. The molecule has 2 rings (SSSR count). The zero-order valence-corrected chi connectivity index (χ0v) is 8.86. The first kappa shape index (κ1) is 10.5. The second kappa shape index (κ2) is 4.21. The smallest absolute Gasteiger partial charge is 0.201 e. The molecule has 0 aliphatic heterocycles. The van der Waals surface area contributed by atoms with Gasteiger partial charge in [0.05, 0.1) is 28.8 Å². The van der Waals surface area contributed by atoms with Gasteiger partial charge in [0.25, 0.3) is 0 Å². The van der Waals surface area contributed by atoms with Gasteiger partial charge < -0.3 is 15.4 Å². The number of anilines is 1. The van der Waals surface area contributed by atoms with Crippen LogP contribution in [0, 0.1) is 11.3 Å². The lowest BCUT2D eigenvalue weighted by Gasteiger charge is -2.03. The zero-order valence-electron chi connectivity index (χ0n) is 8.86. The third-order valence-corrected chi connectivity index (χ3v) is 2.18. The molecule has 5 heteroatoms. The highest BCUT2D eigenvalue weighted by molar-refractivity contribution is 5.78. The molecule has 0 aliphatic rings. The van der Waals surface area contributed by atoms with Crippen LogP contribution in [-0.2, 0) is 0 Å². The van der Waals surface area contributed by atoms with Crippen molar-refractivity contribution >= 4 is 17.0 Å². The van der Waals surface area contributed by atoms with Gasteiger partial charge in [-0.25, -0.2) is 4.98 Å². The molecule has 1 heterocycles. The Morgan fingerprint density at radius 2 is 2.44 bits per heavy atom. The SMILES string of the molecule is CC(O)CNc1nc2ccc(C#N)cc2[nH]1. The summed E-state index contributed by atoms with van der Waals surface area (Å²) in [6.45, 7) is 2.13. The van der Waals surface area contributed by atoms with Gasteiger partial charge in [0.2, 0.25) is 5.95 Å². The molecule has 1 atom stereocenters. The topological polar surface area (TPSA) is 84.7 Å². The summed E-state index contributed by atoms with van der Waals surface area (Å²) in [5, 5.41) is 20.8. The number of H-pyrrole nitrogens is 1. The summed E-state index contributed by atoms with van der Waals surface area (Å²) in [5.41, 5.74) is 2.21. The molecule has 82 valence electrons. The highest BCUT2D eigenvalue weighted by atomic mass is 16.3. The molecule has 1 aromatic carbocycles. The van der Waals surface area contributed by atoms with Crippen LogP contribution in [0.4, 0.5) is 5.95 Å². The van der Waals surface area contributed by atoms with Crippen molar-refractivity contribution < 1.29 is 5.11 Å². The minimum atomic E-state index is -0.428. The van der Waals surface area contributed by atoms with Crippen LogP contribution >= 0.6 is 0 Å². The van der Waals surface area contributed by atoms with E-state index in [2.05, 4.69) is 21.4 Å². The molecular weight excluding hydrogens is 204 g/mol. The Balaban J connectivity index is 2.26. The van der Waals surface area contributed by atoms with E-state index in [1.54, 1.807) is 25.1 Å². The number of imidazole rings is 1. The van der Waals surface area contributed by atoms with Gasteiger partial charge in [-0.2, -0.15) is 5.26 Å². The summed E-state index contributed by atoms with van der Waals surface area (Å²) in [5.74, 6) is 0.603. The standard InChI is InChI=1S/C11H12N4O/c1-7(16)6-13-11-14-9-3-2-8(5-12)4-10(9)15-11/h2-4,7,16H,6H2,1H3,(H2,13,14,15). The van der Waals surface area contributed by atoms with Crippen molar-refractivity contribution in [2.45, 2.75) is 13.0 Å². The van der Waals surface area contributed by atoms with Crippen LogP contribution in [0.2, 0.25) is 0 Å². The van der Waals surface area contributed by atoms with Crippen molar-refractivity contribution in [1.82, 2.24) is 9.97 Å². The molecule has 1 aromatic heterocycles. The number of aromatic nitrogens is 2. The minimum absolute atomic E-state index is 0.428. The van der Waals surface area contributed by atoms with Crippen LogP contribution in [0.25, 0.3) is 11.0 Å². The maximum Gasteiger partial charge on any atom is 0.201 e. The molecule has 0 aliphatic carbocycles. The number of fused-ring (bicyclic) bond motifs is 1. The molecule has 0 fully saturated rings. The lowest BCUT2D eigenvalue weighted by Crippen LogP contribution is -2.15. The zero-order chi connectivity index (χ0) is 11.5. The molecule has 0 saturated carbocycles. The predicted molar refractivity (Wildman–Crippen MR) is 61.0 cm³/mol. The second-order valence-corrected chi connectivity index (χ2v) is 3.66. The summed E-state index contributed by atoms with van der Waals surface area (Å²) < 4.78 is 0. The van der Waals surface area contributed by atoms with Crippen molar-refractivity contribution in [3.63, 3.8) is 0 Å². The number of aliphatic hydroxyl groups is 1. The van der Waals surface area contributed by atoms with Gasteiger partial charge in [0.1, 0.15) is 0 Å². The number of aromatic amines is 1. The van der Waals surface area contributed by atoms with Gasteiger partial charge >= 0.3 is 0 Å². The Kier molecular flexibility index (Phi) is 2.75. The van der Waals surface area contributed by atoms with Crippen LogP contribution in [-0.4, -0.2) is 27.7 Å². The normalized spacial score (nSPS) is 12.3. The van der Waals surface area contributed by atoms with Crippen molar-refractivity contribution in [2.75, 3.05) is 11.9 Å². The first-order chi connectivity index (χ1) is 7.69. The molecule has 5 nitrogen and oxygen atoms in total. The number of nitrogens with one attached hydrogen (secondary N) is 2. The second-order valence-electron chi connectivity index (χ2n) is 3.66. The molecule has 0 radical (unpaired) electrons. The number of hydrogen-bond acceptors (Lipinski definition) is 4. The number of hydrogen-bond donors (Lipinski definition) is 3. The van der Waals surface area contributed by atoms with Gasteiger partial charge in [0.15, 0.2) is 0 Å². The number of nitriles is 1. The maximum absolute atomic E-state index is 9.12. The van der Waals surface area contributed by atoms with Gasteiger partial charge in [0, 0.05) is 6.54 Å². The molecule has 1 unspecified atom stereocenters. The Bertz CT molecular complexity index is 538. The fourth-order valence-electron chi connectivity index (χ4n) is 1.41. The Hall–Kier alpha value is -2.06. The fraction of sp³-hybridized carbons (Fsp3) is 0.273. The van der Waals surface area contributed by atoms with Crippen molar-refractivity contribution in [1.29, 1.82) is 5.26 Å². The molecule has 0 bridgehead atoms. The van der Waals surface area contributed by atoms with E-state index in [1.807, 2.05) is 0 Å². The van der Waals surface area contributed by atoms with E-state index in [0.717, 1.165) is 11.0 Å². The summed E-state index contributed by atoms with van der Waals surface area (Å²) in [6, 6.07) is 7.33. The van der Waals surface area contributed by atoms with Crippen LogP contribution in [0.5, 0.6) is 0 Å². The van der Waals surface area contributed by atoms with E-state index in [4.69, 9.17) is 10.4 Å². The first-order valence-electron chi connectivity index (χ1n) is 5.01. The van der Waals surface area contributed by atoms with Crippen molar-refractivity contribution in [3.8, 4) is 6.07 Å². The highest BCUT2D eigenvalue weighted by Gasteiger charge is 2.03. The largest absolute Gasteiger partial charge is 0.392 e. The molecular formula is C11H12N4O. The van der Waals surface area contributed by atoms with E-state index in [0.29, 0.717) is 18.1 Å². The molecule has 0 saturated heterocycles. The van der Waals surface area contributed by atoms with Gasteiger partial charge in [-0.15, -0.1) is 0 Å². The Labute approximate surface area is 92.7 Å². The van der Waals surface area contributed by atoms with Crippen LogP contribution in [0.1, 0.15) is 12.5 Å². The quantitative estimate of drug-likeness (QED) is 0.720. The van der Waals surface area contributed by atoms with Crippen molar-refractivity contribution in [3.05, 3.63) is 23.8 Å². The summed E-state index contributed by atoms with van der Waals surface area (Å²) in [7, 11) is 0. The fourth-order valence-corrected chi connectivity index (χ4v) is 1.41. The van der Waals surface area contributed by atoms with E-state index in [9.17, 15) is 0 Å². The maximum atomic E-state index is 9.12. The average molecular weight is 216 g/mol. The minimum Gasteiger partial charge on any atom is -0.392 e. The van der Waals surface area contributed by atoms with E-state index >= 15 is 0 Å². The van der Waals surface area contributed by atoms with Crippen LogP contribution in [0.15, 0.2) is 18.2 Å².